The molecule has 62 valence electrons. The largest absolute Gasteiger partial charge is 0.233 e. The van der Waals surface area contributed by atoms with Gasteiger partial charge >= 0.3 is 0 Å². The molecule has 0 atom stereocenters. The summed E-state index contributed by atoms with van der Waals surface area (Å²) in [5.41, 5.74) is 3.30. The minimum atomic E-state index is 0.683. The van der Waals surface area contributed by atoms with Crippen molar-refractivity contribution in [3.63, 3.8) is 0 Å². The number of allylic oxidation sites excluding steroid dienone is 1. The van der Waals surface area contributed by atoms with Gasteiger partial charge < -0.3 is 0 Å². The van der Waals surface area contributed by atoms with Gasteiger partial charge in [-0.2, -0.15) is 5.26 Å². The van der Waals surface area contributed by atoms with Crippen LogP contribution in [0.1, 0.15) is 23.1 Å². The molecule has 0 bridgehead atoms. The summed E-state index contributed by atoms with van der Waals surface area (Å²) in [6.45, 7) is 0. The lowest BCUT2D eigenvalue weighted by Gasteiger charge is -1.98. The normalized spacial score (nSPS) is 13.3. The molecule has 13 heavy (non-hydrogen) atoms. The Morgan fingerprint density at radius 2 is 2.15 bits per heavy atom. The molecule has 0 unspecified atom stereocenters. The summed E-state index contributed by atoms with van der Waals surface area (Å²) < 4.78 is 0. The SMILES string of the molecule is N#Cc1cccc2c1CCC2=C=O. The summed E-state index contributed by atoms with van der Waals surface area (Å²) >= 11 is 0. The smallest absolute Gasteiger partial charge is 0.128 e. The second-order valence-electron chi connectivity index (χ2n) is 3.02. The molecular weight excluding hydrogens is 162 g/mol. The summed E-state index contributed by atoms with van der Waals surface area (Å²) in [4.78, 5) is 10.5. The van der Waals surface area contributed by atoms with Gasteiger partial charge in [-0.05, 0) is 30.0 Å². The van der Waals surface area contributed by atoms with Crippen LogP contribution in [0.15, 0.2) is 18.2 Å². The first-order valence-corrected chi connectivity index (χ1v) is 4.13. The molecule has 2 heteroatoms. The van der Waals surface area contributed by atoms with E-state index in [0.717, 1.165) is 24.0 Å². The molecule has 0 saturated heterocycles. The molecule has 1 aromatic carbocycles. The number of fused-ring (bicyclic) bond motifs is 1. The lowest BCUT2D eigenvalue weighted by Crippen LogP contribution is -1.86. The quantitative estimate of drug-likeness (QED) is 0.555. The Kier molecular flexibility index (Phi) is 1.73. The minimum Gasteiger partial charge on any atom is -0.233 e. The van der Waals surface area contributed by atoms with Crippen molar-refractivity contribution in [3.05, 3.63) is 34.9 Å². The third kappa shape index (κ3) is 1.07. The Bertz CT molecular complexity index is 448. The fourth-order valence-electron chi connectivity index (χ4n) is 1.73. The molecule has 0 amide bonds. The average molecular weight is 169 g/mol. The highest BCUT2D eigenvalue weighted by molar-refractivity contribution is 5.91. The van der Waals surface area contributed by atoms with Crippen LogP contribution >= 0.6 is 0 Å². The molecule has 0 saturated carbocycles. The molecule has 0 heterocycles. The lowest BCUT2D eigenvalue weighted by atomic mass is 10.0. The van der Waals surface area contributed by atoms with Crippen LogP contribution in [0.4, 0.5) is 0 Å². The summed E-state index contributed by atoms with van der Waals surface area (Å²) in [5, 5.41) is 8.80. The maximum Gasteiger partial charge on any atom is 0.128 e. The van der Waals surface area contributed by atoms with Crippen LogP contribution in [0.25, 0.3) is 5.57 Å². The van der Waals surface area contributed by atoms with Gasteiger partial charge in [0.2, 0.25) is 0 Å². The second-order valence-corrected chi connectivity index (χ2v) is 3.02. The van der Waals surface area contributed by atoms with E-state index in [1.807, 2.05) is 12.0 Å². The van der Waals surface area contributed by atoms with E-state index in [-0.39, 0.29) is 0 Å². The van der Waals surface area contributed by atoms with Crippen molar-refractivity contribution in [2.45, 2.75) is 12.8 Å². The molecule has 0 aromatic heterocycles. The van der Waals surface area contributed by atoms with E-state index in [4.69, 9.17) is 5.26 Å². The van der Waals surface area contributed by atoms with Crippen LogP contribution < -0.4 is 0 Å². The van der Waals surface area contributed by atoms with Crippen LogP contribution in [0.3, 0.4) is 0 Å². The van der Waals surface area contributed by atoms with Gasteiger partial charge in [0.25, 0.3) is 0 Å². The van der Waals surface area contributed by atoms with Gasteiger partial charge in [-0.3, -0.25) is 0 Å². The molecule has 0 radical (unpaired) electrons. The molecule has 1 aliphatic rings. The van der Waals surface area contributed by atoms with E-state index in [2.05, 4.69) is 6.07 Å². The maximum absolute atomic E-state index is 10.5. The maximum atomic E-state index is 10.5. The zero-order chi connectivity index (χ0) is 9.26. The topological polar surface area (TPSA) is 40.9 Å². The van der Waals surface area contributed by atoms with Crippen LogP contribution in [0.5, 0.6) is 0 Å². The van der Waals surface area contributed by atoms with Crippen molar-refractivity contribution >= 4 is 11.5 Å². The van der Waals surface area contributed by atoms with Gasteiger partial charge in [0.15, 0.2) is 0 Å². The molecule has 0 spiro atoms. The number of nitriles is 1. The van der Waals surface area contributed by atoms with Crippen molar-refractivity contribution in [2.24, 2.45) is 0 Å². The van der Waals surface area contributed by atoms with Crippen molar-refractivity contribution in [3.8, 4) is 6.07 Å². The first kappa shape index (κ1) is 7.79. The van der Waals surface area contributed by atoms with Gasteiger partial charge in [-0.1, -0.05) is 12.1 Å². The van der Waals surface area contributed by atoms with E-state index in [1.165, 1.54) is 0 Å². The lowest BCUT2D eigenvalue weighted by molar-refractivity contribution is 0.569. The first-order valence-electron chi connectivity index (χ1n) is 4.13. The Morgan fingerprint density at radius 1 is 1.31 bits per heavy atom. The predicted octanol–water partition coefficient (Wildman–Crippen LogP) is 1.72. The van der Waals surface area contributed by atoms with Crippen molar-refractivity contribution in [2.75, 3.05) is 0 Å². The highest BCUT2D eigenvalue weighted by atomic mass is 16.1. The second kappa shape index (κ2) is 2.90. The molecule has 0 N–H and O–H groups in total. The molecule has 1 aromatic rings. The van der Waals surface area contributed by atoms with Crippen LogP contribution in [-0.2, 0) is 11.2 Å². The molecular formula is C11H7NO. The summed E-state index contributed by atoms with van der Waals surface area (Å²) in [6, 6.07) is 7.60. The number of hydrogen-bond acceptors (Lipinski definition) is 2. The van der Waals surface area contributed by atoms with Crippen molar-refractivity contribution in [1.29, 1.82) is 5.26 Å². The summed E-state index contributed by atoms with van der Waals surface area (Å²) in [7, 11) is 0. The fourth-order valence-corrected chi connectivity index (χ4v) is 1.73. The Labute approximate surface area is 76.1 Å². The van der Waals surface area contributed by atoms with Crippen molar-refractivity contribution < 1.29 is 4.79 Å². The standard InChI is InChI=1S/C11H7NO/c12-6-8-2-1-3-10-9(7-13)4-5-11(8)10/h1-3H,4-5H2. The highest BCUT2D eigenvalue weighted by Gasteiger charge is 2.19. The minimum absolute atomic E-state index is 0.683. The monoisotopic (exact) mass is 169 g/mol. The van der Waals surface area contributed by atoms with E-state index in [9.17, 15) is 4.79 Å². The zero-order valence-corrected chi connectivity index (χ0v) is 7.00. The number of rotatable bonds is 0. The average Bonchev–Trinajstić information content (AvgIpc) is 2.60. The molecule has 0 aliphatic heterocycles. The van der Waals surface area contributed by atoms with Crippen molar-refractivity contribution in [1.82, 2.24) is 0 Å². The van der Waals surface area contributed by atoms with Gasteiger partial charge in [0.05, 0.1) is 11.6 Å². The number of benzene rings is 1. The zero-order valence-electron chi connectivity index (χ0n) is 7.00. The summed E-state index contributed by atoms with van der Waals surface area (Å²) in [5.74, 6) is 1.93. The fraction of sp³-hybridized carbons (Fsp3) is 0.182. The van der Waals surface area contributed by atoms with E-state index in [1.54, 1.807) is 12.1 Å². The number of carbonyl (C=O) groups excluding carboxylic acids is 1. The third-order valence-corrected chi connectivity index (χ3v) is 2.37. The third-order valence-electron chi connectivity index (χ3n) is 2.37. The molecule has 2 nitrogen and oxygen atoms in total. The first-order chi connectivity index (χ1) is 6.36. The predicted molar refractivity (Wildman–Crippen MR) is 48.6 cm³/mol. The van der Waals surface area contributed by atoms with Gasteiger partial charge in [0.1, 0.15) is 5.94 Å². The van der Waals surface area contributed by atoms with E-state index in [0.29, 0.717) is 11.1 Å². The van der Waals surface area contributed by atoms with Crippen LogP contribution in [0, 0.1) is 11.3 Å². The van der Waals surface area contributed by atoms with Gasteiger partial charge in [0, 0.05) is 5.57 Å². The molecule has 1 aliphatic carbocycles. The number of nitrogens with zero attached hydrogens (tertiary/aromatic N) is 1. The van der Waals surface area contributed by atoms with E-state index >= 15 is 0 Å². The summed E-state index contributed by atoms with van der Waals surface area (Å²) in [6.07, 6.45) is 1.52. The van der Waals surface area contributed by atoms with Crippen LogP contribution in [0.2, 0.25) is 0 Å². The number of hydrogen-bond donors (Lipinski definition) is 0. The Hall–Kier alpha value is -1.84. The highest BCUT2D eigenvalue weighted by Crippen LogP contribution is 2.31. The molecule has 0 fully saturated rings. The Morgan fingerprint density at radius 3 is 2.85 bits per heavy atom. The van der Waals surface area contributed by atoms with Gasteiger partial charge in [-0.15, -0.1) is 0 Å². The van der Waals surface area contributed by atoms with Crippen LogP contribution in [-0.4, -0.2) is 5.94 Å². The van der Waals surface area contributed by atoms with Gasteiger partial charge in [-0.25, -0.2) is 4.79 Å². The van der Waals surface area contributed by atoms with E-state index < -0.39 is 0 Å². The Balaban J connectivity index is 2.70. The molecule has 2 rings (SSSR count).